The molecule has 0 amide bonds. The Morgan fingerprint density at radius 2 is 2.20 bits per heavy atom. The molecule has 2 rings (SSSR count). The lowest BCUT2D eigenvalue weighted by Crippen LogP contribution is -2.11. The number of anilines is 2. The van der Waals surface area contributed by atoms with Crippen molar-refractivity contribution in [2.45, 2.75) is 26.8 Å². The summed E-state index contributed by atoms with van der Waals surface area (Å²) >= 11 is 0. The first-order valence-corrected chi connectivity index (χ1v) is 6.93. The number of hydrogen-bond acceptors (Lipinski definition) is 4. The summed E-state index contributed by atoms with van der Waals surface area (Å²) in [6, 6.07) is 5.73. The van der Waals surface area contributed by atoms with Crippen LogP contribution in [0.1, 0.15) is 18.9 Å². The van der Waals surface area contributed by atoms with Gasteiger partial charge in [0.15, 0.2) is 0 Å². The normalized spacial score (nSPS) is 10.5. The molecule has 3 N–H and O–H groups in total. The van der Waals surface area contributed by atoms with Crippen LogP contribution in [0.5, 0.6) is 5.75 Å². The maximum absolute atomic E-state index is 5.88. The molecular weight excluding hydrogens is 252 g/mol. The van der Waals surface area contributed by atoms with Gasteiger partial charge < -0.3 is 15.8 Å². The summed E-state index contributed by atoms with van der Waals surface area (Å²) in [5.74, 6) is 0.810. The third kappa shape index (κ3) is 4.19. The summed E-state index contributed by atoms with van der Waals surface area (Å²) in [5, 5.41) is 7.59. The quantitative estimate of drug-likeness (QED) is 0.762. The Hall–Kier alpha value is -2.17. The van der Waals surface area contributed by atoms with E-state index in [1.165, 1.54) is 5.56 Å². The van der Waals surface area contributed by atoms with E-state index in [1.54, 1.807) is 0 Å². The molecule has 5 nitrogen and oxygen atoms in total. The molecule has 0 saturated heterocycles. The zero-order chi connectivity index (χ0) is 14.4. The van der Waals surface area contributed by atoms with E-state index in [0.29, 0.717) is 12.3 Å². The van der Waals surface area contributed by atoms with Gasteiger partial charge in [0.05, 0.1) is 19.3 Å². The van der Waals surface area contributed by atoms with E-state index in [1.807, 2.05) is 42.2 Å². The van der Waals surface area contributed by atoms with Crippen LogP contribution in [0.25, 0.3) is 0 Å². The average Bonchev–Trinajstić information content (AvgIpc) is 2.81. The van der Waals surface area contributed by atoms with Gasteiger partial charge in [-0.05, 0) is 25.0 Å². The fraction of sp³-hybridized carbons (Fsp3) is 0.400. The number of rotatable bonds is 7. The standard InChI is InChI=1S/C15H22N4O/c1-3-6-20-15-8-13(16)7-14(9-15)17-4-5-19-11-12(2)10-18-19/h7-11,17H,3-6,16H2,1-2H3. The number of aryl methyl sites for hydroxylation is 1. The van der Waals surface area contributed by atoms with Crippen LogP contribution in [0.2, 0.25) is 0 Å². The highest BCUT2D eigenvalue weighted by molar-refractivity contribution is 5.59. The highest BCUT2D eigenvalue weighted by atomic mass is 16.5. The SMILES string of the molecule is CCCOc1cc(N)cc(NCCn2cc(C)cn2)c1. The Balaban J connectivity index is 1.89. The van der Waals surface area contributed by atoms with E-state index in [4.69, 9.17) is 10.5 Å². The number of nitrogen functional groups attached to an aromatic ring is 1. The first kappa shape index (κ1) is 14.2. The van der Waals surface area contributed by atoms with E-state index in [9.17, 15) is 0 Å². The summed E-state index contributed by atoms with van der Waals surface area (Å²) in [7, 11) is 0. The molecule has 1 aromatic heterocycles. The molecule has 0 bridgehead atoms. The number of nitrogens with one attached hydrogen (secondary N) is 1. The van der Waals surface area contributed by atoms with Gasteiger partial charge in [-0.1, -0.05) is 6.92 Å². The number of nitrogens with two attached hydrogens (primary N) is 1. The van der Waals surface area contributed by atoms with Crippen LogP contribution in [-0.2, 0) is 6.54 Å². The first-order valence-electron chi connectivity index (χ1n) is 6.93. The zero-order valence-corrected chi connectivity index (χ0v) is 12.1. The Kier molecular flexibility index (Phi) is 4.87. The lowest BCUT2D eigenvalue weighted by molar-refractivity contribution is 0.318. The maximum atomic E-state index is 5.88. The van der Waals surface area contributed by atoms with Gasteiger partial charge >= 0.3 is 0 Å². The number of ether oxygens (including phenoxy) is 1. The monoisotopic (exact) mass is 274 g/mol. The van der Waals surface area contributed by atoms with Crippen molar-refractivity contribution in [2.75, 3.05) is 24.2 Å². The largest absolute Gasteiger partial charge is 0.493 e. The molecule has 0 aliphatic carbocycles. The Morgan fingerprint density at radius 1 is 1.35 bits per heavy atom. The second kappa shape index (κ2) is 6.84. The summed E-state index contributed by atoms with van der Waals surface area (Å²) in [6.07, 6.45) is 4.87. The molecule has 108 valence electrons. The van der Waals surface area contributed by atoms with E-state index in [0.717, 1.165) is 30.9 Å². The van der Waals surface area contributed by atoms with Gasteiger partial charge in [-0.25, -0.2) is 0 Å². The molecule has 1 heterocycles. The van der Waals surface area contributed by atoms with Gasteiger partial charge in [0.2, 0.25) is 0 Å². The van der Waals surface area contributed by atoms with Crippen LogP contribution in [0.3, 0.4) is 0 Å². The highest BCUT2D eigenvalue weighted by Gasteiger charge is 2.00. The van der Waals surface area contributed by atoms with E-state index >= 15 is 0 Å². The van der Waals surface area contributed by atoms with Crippen molar-refractivity contribution in [1.29, 1.82) is 0 Å². The van der Waals surface area contributed by atoms with Crippen molar-refractivity contribution < 1.29 is 4.74 Å². The Bertz CT molecular complexity index is 551. The molecule has 20 heavy (non-hydrogen) atoms. The Labute approximate surface area is 119 Å². The van der Waals surface area contributed by atoms with Crippen molar-refractivity contribution in [3.63, 3.8) is 0 Å². The topological polar surface area (TPSA) is 65.1 Å². The molecule has 0 spiro atoms. The molecule has 0 unspecified atom stereocenters. The summed E-state index contributed by atoms with van der Waals surface area (Å²) in [5.41, 5.74) is 8.73. The van der Waals surface area contributed by atoms with Crippen molar-refractivity contribution in [3.05, 3.63) is 36.2 Å². The second-order valence-electron chi connectivity index (χ2n) is 4.85. The summed E-state index contributed by atoms with van der Waals surface area (Å²) in [4.78, 5) is 0. The van der Waals surface area contributed by atoms with Gasteiger partial charge in [0.1, 0.15) is 5.75 Å². The molecule has 0 radical (unpaired) electrons. The molecule has 1 aromatic carbocycles. The van der Waals surface area contributed by atoms with E-state index in [-0.39, 0.29) is 0 Å². The minimum atomic E-state index is 0.704. The molecule has 0 atom stereocenters. The van der Waals surface area contributed by atoms with Crippen LogP contribution in [0, 0.1) is 6.92 Å². The van der Waals surface area contributed by atoms with Gasteiger partial charge in [-0.3, -0.25) is 4.68 Å². The van der Waals surface area contributed by atoms with Crippen LogP contribution >= 0.6 is 0 Å². The summed E-state index contributed by atoms with van der Waals surface area (Å²) in [6.45, 7) is 6.42. The van der Waals surface area contributed by atoms with E-state index < -0.39 is 0 Å². The van der Waals surface area contributed by atoms with Crippen LogP contribution in [0.4, 0.5) is 11.4 Å². The maximum Gasteiger partial charge on any atom is 0.123 e. The van der Waals surface area contributed by atoms with Crippen molar-refractivity contribution in [1.82, 2.24) is 9.78 Å². The second-order valence-corrected chi connectivity index (χ2v) is 4.85. The highest BCUT2D eigenvalue weighted by Crippen LogP contribution is 2.22. The fourth-order valence-corrected chi connectivity index (χ4v) is 1.93. The molecule has 0 fully saturated rings. The third-order valence-corrected chi connectivity index (χ3v) is 2.83. The molecule has 0 aliphatic rings. The van der Waals surface area contributed by atoms with Crippen molar-refractivity contribution in [2.24, 2.45) is 0 Å². The van der Waals surface area contributed by atoms with Crippen LogP contribution < -0.4 is 15.8 Å². The number of benzene rings is 1. The van der Waals surface area contributed by atoms with Gasteiger partial charge in [-0.15, -0.1) is 0 Å². The first-order chi connectivity index (χ1) is 9.67. The molecule has 0 saturated carbocycles. The van der Waals surface area contributed by atoms with Crippen LogP contribution in [-0.4, -0.2) is 22.9 Å². The number of aromatic nitrogens is 2. The van der Waals surface area contributed by atoms with Gasteiger partial charge in [0, 0.05) is 36.2 Å². The lowest BCUT2D eigenvalue weighted by Gasteiger charge is -2.11. The predicted molar refractivity (Wildman–Crippen MR) is 82.1 cm³/mol. The van der Waals surface area contributed by atoms with Crippen molar-refractivity contribution in [3.8, 4) is 5.75 Å². The molecular formula is C15H22N4O. The summed E-state index contributed by atoms with van der Waals surface area (Å²) < 4.78 is 7.53. The van der Waals surface area contributed by atoms with Gasteiger partial charge in [-0.2, -0.15) is 5.10 Å². The number of nitrogens with zero attached hydrogens (tertiary/aromatic N) is 2. The fourth-order valence-electron chi connectivity index (χ4n) is 1.93. The molecule has 2 aromatic rings. The molecule has 0 aliphatic heterocycles. The lowest BCUT2D eigenvalue weighted by atomic mass is 10.2. The van der Waals surface area contributed by atoms with Crippen LogP contribution in [0.15, 0.2) is 30.6 Å². The average molecular weight is 274 g/mol. The van der Waals surface area contributed by atoms with Crippen molar-refractivity contribution >= 4 is 11.4 Å². The number of hydrogen-bond donors (Lipinski definition) is 2. The Morgan fingerprint density at radius 3 is 2.90 bits per heavy atom. The minimum absolute atomic E-state index is 0.704. The van der Waals surface area contributed by atoms with Gasteiger partial charge in [0.25, 0.3) is 0 Å². The zero-order valence-electron chi connectivity index (χ0n) is 12.1. The minimum Gasteiger partial charge on any atom is -0.493 e. The smallest absolute Gasteiger partial charge is 0.123 e. The van der Waals surface area contributed by atoms with E-state index in [2.05, 4.69) is 17.3 Å². The predicted octanol–water partition coefficient (Wildman–Crippen LogP) is 2.67. The third-order valence-electron chi connectivity index (χ3n) is 2.83. The molecule has 5 heteroatoms.